The molecule has 0 bridgehead atoms. The summed E-state index contributed by atoms with van der Waals surface area (Å²) < 4.78 is 8.02. The molecule has 2 aromatic rings. The van der Waals surface area contributed by atoms with Crippen molar-refractivity contribution in [2.24, 2.45) is 5.92 Å². The van der Waals surface area contributed by atoms with Crippen LogP contribution >= 0.6 is 0 Å². The van der Waals surface area contributed by atoms with Crippen LogP contribution in [0.1, 0.15) is 44.0 Å². The molecule has 0 radical (unpaired) electrons. The molecule has 20 heavy (non-hydrogen) atoms. The number of benzene rings is 1. The number of imidazole rings is 1. The molecule has 1 saturated carbocycles. The number of anilines is 1. The molecule has 2 atom stereocenters. The van der Waals surface area contributed by atoms with Gasteiger partial charge < -0.3 is 15.0 Å². The molecular formula is C16H21N3O. The number of nitrogens with two attached hydrogens (primary N) is 1. The summed E-state index contributed by atoms with van der Waals surface area (Å²) >= 11 is 0. The molecule has 0 amide bonds. The fourth-order valence-electron chi connectivity index (χ4n) is 3.34. The van der Waals surface area contributed by atoms with Crippen molar-refractivity contribution in [3.8, 4) is 0 Å². The first-order valence-electron chi connectivity index (χ1n) is 7.59. The highest BCUT2D eigenvalue weighted by atomic mass is 16.5. The first kappa shape index (κ1) is 12.2. The number of rotatable bonds is 3. The molecule has 1 saturated heterocycles. The largest absolute Gasteiger partial charge is 0.399 e. The first-order chi connectivity index (χ1) is 9.74. The van der Waals surface area contributed by atoms with Gasteiger partial charge >= 0.3 is 0 Å². The van der Waals surface area contributed by atoms with Gasteiger partial charge in [0.1, 0.15) is 5.82 Å². The summed E-state index contributed by atoms with van der Waals surface area (Å²) in [6.45, 7) is 4.08. The maximum absolute atomic E-state index is 5.90. The van der Waals surface area contributed by atoms with Crippen LogP contribution in [0.25, 0.3) is 11.0 Å². The van der Waals surface area contributed by atoms with E-state index >= 15 is 0 Å². The minimum atomic E-state index is 0.446. The van der Waals surface area contributed by atoms with Crippen LogP contribution in [0, 0.1) is 5.92 Å². The van der Waals surface area contributed by atoms with Crippen LogP contribution in [0.4, 0.5) is 5.69 Å². The molecule has 0 spiro atoms. The van der Waals surface area contributed by atoms with E-state index in [1.165, 1.54) is 24.2 Å². The smallest absolute Gasteiger partial charge is 0.113 e. The monoisotopic (exact) mass is 271 g/mol. The van der Waals surface area contributed by atoms with Crippen LogP contribution in [0.2, 0.25) is 0 Å². The Morgan fingerprint density at radius 2 is 2.20 bits per heavy atom. The van der Waals surface area contributed by atoms with Crippen molar-refractivity contribution >= 4 is 16.7 Å². The molecule has 1 aliphatic heterocycles. The van der Waals surface area contributed by atoms with Crippen LogP contribution in [0.5, 0.6) is 0 Å². The summed E-state index contributed by atoms with van der Waals surface area (Å²) in [5.41, 5.74) is 8.96. The summed E-state index contributed by atoms with van der Waals surface area (Å²) in [5.74, 6) is 2.50. The third-order valence-corrected chi connectivity index (χ3v) is 4.74. The summed E-state index contributed by atoms with van der Waals surface area (Å²) in [5, 5.41) is 0. The Morgan fingerprint density at radius 3 is 2.90 bits per heavy atom. The predicted octanol–water partition coefficient (Wildman–Crippen LogP) is 3.09. The van der Waals surface area contributed by atoms with E-state index in [0.29, 0.717) is 17.9 Å². The van der Waals surface area contributed by atoms with E-state index in [9.17, 15) is 0 Å². The summed E-state index contributed by atoms with van der Waals surface area (Å²) in [6, 6.07) is 6.54. The van der Waals surface area contributed by atoms with Gasteiger partial charge in [-0.05, 0) is 44.4 Å². The third-order valence-electron chi connectivity index (χ3n) is 4.74. The van der Waals surface area contributed by atoms with Crippen molar-refractivity contribution in [1.82, 2.24) is 9.55 Å². The Balaban J connectivity index is 1.84. The molecule has 1 aromatic carbocycles. The molecule has 4 rings (SSSR count). The molecule has 2 fully saturated rings. The van der Waals surface area contributed by atoms with Gasteiger partial charge in [-0.1, -0.05) is 0 Å². The van der Waals surface area contributed by atoms with Gasteiger partial charge in [0.15, 0.2) is 0 Å². The SMILES string of the molecule is CC(C1CCOC1)n1c(C2CC2)nc2cc(N)ccc21. The lowest BCUT2D eigenvalue weighted by Crippen LogP contribution is -2.18. The molecule has 106 valence electrons. The van der Waals surface area contributed by atoms with E-state index in [4.69, 9.17) is 15.5 Å². The second-order valence-electron chi connectivity index (χ2n) is 6.23. The number of hydrogen-bond acceptors (Lipinski definition) is 3. The number of hydrogen-bond donors (Lipinski definition) is 1. The Morgan fingerprint density at radius 1 is 1.35 bits per heavy atom. The molecule has 2 N–H and O–H groups in total. The highest BCUT2D eigenvalue weighted by Gasteiger charge is 2.33. The average molecular weight is 271 g/mol. The maximum Gasteiger partial charge on any atom is 0.113 e. The molecule has 2 unspecified atom stereocenters. The van der Waals surface area contributed by atoms with Gasteiger partial charge in [-0.3, -0.25) is 0 Å². The van der Waals surface area contributed by atoms with Crippen LogP contribution in [0.3, 0.4) is 0 Å². The molecule has 4 nitrogen and oxygen atoms in total. The fraction of sp³-hybridized carbons (Fsp3) is 0.562. The molecule has 4 heteroatoms. The molecule has 1 aliphatic carbocycles. The van der Waals surface area contributed by atoms with Gasteiger partial charge in [0.05, 0.1) is 17.6 Å². The van der Waals surface area contributed by atoms with Gasteiger partial charge in [0.25, 0.3) is 0 Å². The van der Waals surface area contributed by atoms with Gasteiger partial charge in [-0.2, -0.15) is 0 Å². The zero-order valence-corrected chi connectivity index (χ0v) is 11.9. The highest BCUT2D eigenvalue weighted by molar-refractivity contribution is 5.80. The molecule has 2 aliphatic rings. The van der Waals surface area contributed by atoms with E-state index in [1.807, 2.05) is 12.1 Å². The number of ether oxygens (including phenoxy) is 1. The van der Waals surface area contributed by atoms with Crippen LogP contribution < -0.4 is 5.73 Å². The highest BCUT2D eigenvalue weighted by Crippen LogP contribution is 2.43. The number of fused-ring (bicyclic) bond motifs is 1. The van der Waals surface area contributed by atoms with E-state index in [2.05, 4.69) is 17.6 Å². The van der Waals surface area contributed by atoms with E-state index < -0.39 is 0 Å². The van der Waals surface area contributed by atoms with Crippen molar-refractivity contribution < 1.29 is 4.74 Å². The Labute approximate surface area is 118 Å². The van der Waals surface area contributed by atoms with Crippen molar-refractivity contribution in [2.75, 3.05) is 18.9 Å². The van der Waals surface area contributed by atoms with Gasteiger partial charge in [-0.15, -0.1) is 0 Å². The fourth-order valence-corrected chi connectivity index (χ4v) is 3.34. The summed E-state index contributed by atoms with van der Waals surface area (Å²) in [6.07, 6.45) is 3.69. The van der Waals surface area contributed by atoms with Gasteiger partial charge in [0.2, 0.25) is 0 Å². The lowest BCUT2D eigenvalue weighted by atomic mass is 10.00. The number of aromatic nitrogens is 2. The molecular weight excluding hydrogens is 250 g/mol. The van der Waals surface area contributed by atoms with Gasteiger partial charge in [-0.25, -0.2) is 4.98 Å². The lowest BCUT2D eigenvalue weighted by Gasteiger charge is -2.22. The minimum Gasteiger partial charge on any atom is -0.399 e. The quantitative estimate of drug-likeness (QED) is 0.873. The summed E-state index contributed by atoms with van der Waals surface area (Å²) in [4.78, 5) is 4.87. The van der Waals surface area contributed by atoms with E-state index in [0.717, 1.165) is 30.8 Å². The second-order valence-corrected chi connectivity index (χ2v) is 6.23. The minimum absolute atomic E-state index is 0.446. The Kier molecular flexibility index (Phi) is 2.74. The summed E-state index contributed by atoms with van der Waals surface area (Å²) in [7, 11) is 0. The van der Waals surface area contributed by atoms with Crippen LogP contribution in [0.15, 0.2) is 18.2 Å². The van der Waals surface area contributed by atoms with E-state index in [-0.39, 0.29) is 0 Å². The predicted molar refractivity (Wildman–Crippen MR) is 79.8 cm³/mol. The second kappa shape index (κ2) is 4.48. The van der Waals surface area contributed by atoms with Crippen molar-refractivity contribution in [2.45, 2.75) is 38.1 Å². The molecule has 2 heterocycles. The van der Waals surface area contributed by atoms with Crippen LogP contribution in [-0.2, 0) is 4.74 Å². The van der Waals surface area contributed by atoms with Gasteiger partial charge in [0, 0.05) is 30.2 Å². The lowest BCUT2D eigenvalue weighted by molar-refractivity contribution is 0.175. The van der Waals surface area contributed by atoms with Crippen LogP contribution in [-0.4, -0.2) is 22.8 Å². The first-order valence-corrected chi connectivity index (χ1v) is 7.59. The normalized spacial score (nSPS) is 24.4. The van der Waals surface area contributed by atoms with Crippen molar-refractivity contribution in [3.63, 3.8) is 0 Å². The maximum atomic E-state index is 5.90. The number of nitrogens with zero attached hydrogens (tertiary/aromatic N) is 2. The average Bonchev–Trinajstić information content (AvgIpc) is 3.01. The third kappa shape index (κ3) is 1.90. The van der Waals surface area contributed by atoms with E-state index in [1.54, 1.807) is 0 Å². The van der Waals surface area contributed by atoms with Crippen molar-refractivity contribution in [1.29, 1.82) is 0 Å². The van der Waals surface area contributed by atoms with Crippen molar-refractivity contribution in [3.05, 3.63) is 24.0 Å². The zero-order valence-electron chi connectivity index (χ0n) is 11.9. The Hall–Kier alpha value is -1.55. The number of nitrogen functional groups attached to an aromatic ring is 1. The zero-order chi connectivity index (χ0) is 13.7. The Bertz CT molecular complexity index is 638. The topological polar surface area (TPSA) is 53.1 Å². The standard InChI is InChI=1S/C16H21N3O/c1-10(12-6-7-20-9-12)19-15-5-4-13(17)8-14(15)18-16(19)11-2-3-11/h4-5,8,10-12H,2-3,6-7,9,17H2,1H3. The molecule has 1 aromatic heterocycles.